The van der Waals surface area contributed by atoms with Gasteiger partial charge in [0.05, 0.1) is 0 Å². The van der Waals surface area contributed by atoms with E-state index in [1.165, 1.54) is 12.0 Å². The SMILES string of the molecule is CC(CCNCC(C)(C)CN(C)C)c1ccccc1. The number of nitrogens with one attached hydrogen (secondary N) is 1. The smallest absolute Gasteiger partial charge is 0.00387 e. The van der Waals surface area contributed by atoms with Gasteiger partial charge in [-0.1, -0.05) is 51.1 Å². The standard InChI is InChI=1S/C17H30N2/c1-15(16-9-7-6-8-10-16)11-12-18-13-17(2,3)14-19(4)5/h6-10,15,18H,11-14H2,1-5H3. The van der Waals surface area contributed by atoms with Crippen molar-refractivity contribution in [2.24, 2.45) is 5.41 Å². The Labute approximate surface area is 119 Å². The summed E-state index contributed by atoms with van der Waals surface area (Å²) >= 11 is 0. The van der Waals surface area contributed by atoms with E-state index in [-0.39, 0.29) is 0 Å². The van der Waals surface area contributed by atoms with Crippen LogP contribution in [0.15, 0.2) is 30.3 Å². The first kappa shape index (κ1) is 16.2. The van der Waals surface area contributed by atoms with Crippen molar-refractivity contribution in [3.63, 3.8) is 0 Å². The number of benzene rings is 1. The Balaban J connectivity index is 2.24. The van der Waals surface area contributed by atoms with E-state index >= 15 is 0 Å². The van der Waals surface area contributed by atoms with E-state index in [1.54, 1.807) is 0 Å². The largest absolute Gasteiger partial charge is 0.316 e. The van der Waals surface area contributed by atoms with Gasteiger partial charge in [0.1, 0.15) is 0 Å². The van der Waals surface area contributed by atoms with Gasteiger partial charge in [0.25, 0.3) is 0 Å². The Hall–Kier alpha value is -0.860. The maximum absolute atomic E-state index is 3.61. The first-order chi connectivity index (χ1) is 8.91. The van der Waals surface area contributed by atoms with E-state index < -0.39 is 0 Å². The van der Waals surface area contributed by atoms with Crippen LogP contribution in [-0.4, -0.2) is 38.6 Å². The summed E-state index contributed by atoms with van der Waals surface area (Å²) < 4.78 is 0. The molecular weight excluding hydrogens is 232 g/mol. The van der Waals surface area contributed by atoms with Gasteiger partial charge in [0.15, 0.2) is 0 Å². The van der Waals surface area contributed by atoms with Crippen LogP contribution in [-0.2, 0) is 0 Å². The van der Waals surface area contributed by atoms with Crippen molar-refractivity contribution >= 4 is 0 Å². The molecular formula is C17H30N2. The summed E-state index contributed by atoms with van der Waals surface area (Å²) in [7, 11) is 4.28. The molecule has 0 radical (unpaired) electrons. The van der Waals surface area contributed by atoms with Crippen LogP contribution in [0.3, 0.4) is 0 Å². The van der Waals surface area contributed by atoms with Crippen molar-refractivity contribution < 1.29 is 0 Å². The molecule has 1 unspecified atom stereocenters. The highest BCUT2D eigenvalue weighted by molar-refractivity contribution is 5.18. The number of rotatable bonds is 8. The summed E-state index contributed by atoms with van der Waals surface area (Å²) in [5.74, 6) is 0.630. The van der Waals surface area contributed by atoms with Gasteiger partial charge in [-0.2, -0.15) is 0 Å². The van der Waals surface area contributed by atoms with Crippen molar-refractivity contribution in [1.82, 2.24) is 10.2 Å². The van der Waals surface area contributed by atoms with E-state index in [9.17, 15) is 0 Å². The molecule has 1 N–H and O–H groups in total. The summed E-state index contributed by atoms with van der Waals surface area (Å²) in [6.07, 6.45) is 1.20. The maximum atomic E-state index is 3.61. The summed E-state index contributed by atoms with van der Waals surface area (Å²) in [6.45, 7) is 10.2. The fourth-order valence-corrected chi connectivity index (χ4v) is 2.61. The molecule has 0 saturated carbocycles. The minimum absolute atomic E-state index is 0.333. The first-order valence-corrected chi connectivity index (χ1v) is 7.31. The summed E-state index contributed by atoms with van der Waals surface area (Å²) in [5.41, 5.74) is 1.77. The van der Waals surface area contributed by atoms with E-state index in [1.807, 2.05) is 0 Å². The van der Waals surface area contributed by atoms with Gasteiger partial charge < -0.3 is 10.2 Å². The quantitative estimate of drug-likeness (QED) is 0.723. The molecule has 0 aliphatic heterocycles. The zero-order chi connectivity index (χ0) is 14.3. The molecule has 0 aliphatic rings. The van der Waals surface area contributed by atoms with Crippen LogP contribution in [0, 0.1) is 5.41 Å². The Morgan fingerprint density at radius 1 is 1.16 bits per heavy atom. The maximum Gasteiger partial charge on any atom is 0.00387 e. The van der Waals surface area contributed by atoms with E-state index in [2.05, 4.69) is 75.4 Å². The second kappa shape index (κ2) is 7.66. The van der Waals surface area contributed by atoms with Gasteiger partial charge in [-0.05, 0) is 44.0 Å². The lowest BCUT2D eigenvalue weighted by Gasteiger charge is -2.28. The third kappa shape index (κ3) is 6.74. The molecule has 108 valence electrons. The van der Waals surface area contributed by atoms with Crippen LogP contribution in [0.5, 0.6) is 0 Å². The fourth-order valence-electron chi connectivity index (χ4n) is 2.61. The van der Waals surface area contributed by atoms with Crippen LogP contribution in [0.2, 0.25) is 0 Å². The predicted octanol–water partition coefficient (Wildman–Crippen LogP) is 3.36. The summed E-state index contributed by atoms with van der Waals surface area (Å²) in [4.78, 5) is 2.26. The molecule has 0 spiro atoms. The molecule has 1 atom stereocenters. The molecule has 2 heteroatoms. The molecule has 0 fully saturated rings. The molecule has 0 bridgehead atoms. The van der Waals surface area contributed by atoms with Gasteiger partial charge in [0, 0.05) is 13.1 Å². The highest BCUT2D eigenvalue weighted by atomic mass is 15.1. The zero-order valence-corrected chi connectivity index (χ0v) is 13.2. The van der Waals surface area contributed by atoms with Crippen LogP contribution in [0.1, 0.15) is 38.7 Å². The second-order valence-electron chi connectivity index (χ2n) is 6.68. The van der Waals surface area contributed by atoms with Gasteiger partial charge in [0.2, 0.25) is 0 Å². The lowest BCUT2D eigenvalue weighted by Crippen LogP contribution is -2.38. The van der Waals surface area contributed by atoms with Crippen LogP contribution >= 0.6 is 0 Å². The van der Waals surface area contributed by atoms with Crippen molar-refractivity contribution in [3.05, 3.63) is 35.9 Å². The number of hydrogen-bond acceptors (Lipinski definition) is 2. The lowest BCUT2D eigenvalue weighted by atomic mass is 9.92. The third-order valence-electron chi connectivity index (χ3n) is 3.47. The molecule has 0 heterocycles. The van der Waals surface area contributed by atoms with Gasteiger partial charge in [-0.25, -0.2) is 0 Å². The Bertz CT molecular complexity index is 344. The molecule has 2 nitrogen and oxygen atoms in total. The Kier molecular flexibility index (Phi) is 6.53. The Morgan fingerprint density at radius 2 is 1.79 bits per heavy atom. The molecule has 1 aromatic rings. The van der Waals surface area contributed by atoms with Crippen molar-refractivity contribution in [2.75, 3.05) is 33.7 Å². The second-order valence-corrected chi connectivity index (χ2v) is 6.68. The number of nitrogens with zero attached hydrogens (tertiary/aromatic N) is 1. The molecule has 1 rings (SSSR count). The molecule has 0 saturated heterocycles. The van der Waals surface area contributed by atoms with Crippen molar-refractivity contribution in [3.8, 4) is 0 Å². The predicted molar refractivity (Wildman–Crippen MR) is 84.7 cm³/mol. The molecule has 0 aromatic heterocycles. The van der Waals surface area contributed by atoms with E-state index in [4.69, 9.17) is 0 Å². The van der Waals surface area contributed by atoms with Crippen LogP contribution < -0.4 is 5.32 Å². The lowest BCUT2D eigenvalue weighted by molar-refractivity contribution is 0.232. The minimum Gasteiger partial charge on any atom is -0.316 e. The topological polar surface area (TPSA) is 15.3 Å². The first-order valence-electron chi connectivity index (χ1n) is 7.31. The highest BCUT2D eigenvalue weighted by Gasteiger charge is 2.18. The van der Waals surface area contributed by atoms with Gasteiger partial charge >= 0.3 is 0 Å². The van der Waals surface area contributed by atoms with Crippen molar-refractivity contribution in [2.45, 2.75) is 33.1 Å². The average Bonchev–Trinajstić information content (AvgIpc) is 2.34. The van der Waals surface area contributed by atoms with Crippen molar-refractivity contribution in [1.29, 1.82) is 0 Å². The molecule has 0 aliphatic carbocycles. The zero-order valence-electron chi connectivity index (χ0n) is 13.2. The molecule has 0 amide bonds. The fraction of sp³-hybridized carbons (Fsp3) is 0.647. The Morgan fingerprint density at radius 3 is 2.37 bits per heavy atom. The highest BCUT2D eigenvalue weighted by Crippen LogP contribution is 2.18. The molecule has 19 heavy (non-hydrogen) atoms. The number of hydrogen-bond donors (Lipinski definition) is 1. The third-order valence-corrected chi connectivity index (χ3v) is 3.47. The van der Waals surface area contributed by atoms with Gasteiger partial charge in [-0.15, -0.1) is 0 Å². The monoisotopic (exact) mass is 262 g/mol. The normalized spacial score (nSPS) is 13.8. The van der Waals surface area contributed by atoms with Crippen LogP contribution in [0.4, 0.5) is 0 Å². The van der Waals surface area contributed by atoms with E-state index in [0.29, 0.717) is 11.3 Å². The van der Waals surface area contributed by atoms with Crippen LogP contribution in [0.25, 0.3) is 0 Å². The summed E-state index contributed by atoms with van der Waals surface area (Å²) in [5, 5.41) is 3.61. The van der Waals surface area contributed by atoms with Gasteiger partial charge in [-0.3, -0.25) is 0 Å². The van der Waals surface area contributed by atoms with E-state index in [0.717, 1.165) is 19.6 Å². The summed E-state index contributed by atoms with van der Waals surface area (Å²) in [6, 6.07) is 10.8. The minimum atomic E-state index is 0.333. The molecule has 1 aromatic carbocycles. The average molecular weight is 262 g/mol.